The molecule has 0 saturated heterocycles. The Hall–Kier alpha value is -2.62. The van der Waals surface area contributed by atoms with E-state index in [2.05, 4.69) is 32.6 Å². The van der Waals surface area contributed by atoms with E-state index >= 15 is 0 Å². The number of carbonyl (C=O) groups excluding carboxylic acids is 1. The van der Waals surface area contributed by atoms with E-state index in [1.54, 1.807) is 6.20 Å². The van der Waals surface area contributed by atoms with Crippen molar-refractivity contribution in [2.75, 3.05) is 11.9 Å². The number of allylic oxidation sites excluding steroid dienone is 1. The van der Waals surface area contributed by atoms with Crippen molar-refractivity contribution in [1.29, 1.82) is 0 Å². The first kappa shape index (κ1) is 21.9. The molecule has 6 atom stereocenters. The maximum Gasteiger partial charge on any atom is 0.262 e. The highest BCUT2D eigenvalue weighted by Gasteiger charge is 2.54. The summed E-state index contributed by atoms with van der Waals surface area (Å²) in [7, 11) is 0. The van der Waals surface area contributed by atoms with Gasteiger partial charge in [-0.05, 0) is 56.3 Å². The zero-order valence-corrected chi connectivity index (χ0v) is 19.0. The number of pyridine rings is 1. The summed E-state index contributed by atoms with van der Waals surface area (Å²) < 4.78 is 5.49. The lowest BCUT2D eigenvalue weighted by molar-refractivity contribution is -0.129. The molecule has 9 nitrogen and oxygen atoms in total. The first-order valence-corrected chi connectivity index (χ1v) is 12.3. The van der Waals surface area contributed by atoms with Crippen molar-refractivity contribution in [2.45, 2.75) is 69.1 Å². The molecule has 4 bridgehead atoms. The summed E-state index contributed by atoms with van der Waals surface area (Å²) in [5.74, 6) is 1.31. The van der Waals surface area contributed by atoms with Gasteiger partial charge in [-0.2, -0.15) is 4.98 Å². The molecule has 9 heteroatoms. The molecule has 3 unspecified atom stereocenters. The zero-order valence-electron chi connectivity index (χ0n) is 19.0. The predicted molar refractivity (Wildman–Crippen MR) is 123 cm³/mol. The normalized spacial score (nSPS) is 31.6. The second-order valence-electron chi connectivity index (χ2n) is 10.6. The van der Waals surface area contributed by atoms with Crippen LogP contribution in [-0.2, 0) is 6.42 Å². The van der Waals surface area contributed by atoms with Crippen LogP contribution in [0, 0.1) is 17.8 Å². The fourth-order valence-electron chi connectivity index (χ4n) is 6.84. The maximum atomic E-state index is 12.5. The molecule has 0 spiro atoms. The highest BCUT2D eigenvalue weighted by Crippen LogP contribution is 2.56. The molecular formula is C25H30N4O5. The maximum absolute atomic E-state index is 12.5. The molecule has 2 heterocycles. The molecular weight excluding hydrogens is 436 g/mol. The van der Waals surface area contributed by atoms with Gasteiger partial charge in [0, 0.05) is 30.6 Å². The summed E-state index contributed by atoms with van der Waals surface area (Å²) in [6, 6.07) is 0.264. The third kappa shape index (κ3) is 3.76. The molecule has 2 aromatic heterocycles. The Morgan fingerprint density at radius 3 is 2.79 bits per heavy atom. The Labute approximate surface area is 197 Å². The van der Waals surface area contributed by atoms with E-state index in [4.69, 9.17) is 9.63 Å². The minimum absolute atomic E-state index is 0.0203. The lowest BCUT2D eigenvalue weighted by Crippen LogP contribution is -2.59. The van der Waals surface area contributed by atoms with Crippen molar-refractivity contribution in [3.63, 3.8) is 0 Å². The van der Waals surface area contributed by atoms with Crippen LogP contribution in [-0.4, -0.2) is 60.6 Å². The molecule has 0 aromatic carbocycles. The molecule has 4 N–H and O–H groups in total. The fourth-order valence-corrected chi connectivity index (χ4v) is 6.84. The van der Waals surface area contributed by atoms with E-state index in [1.807, 2.05) is 0 Å². The van der Waals surface area contributed by atoms with Gasteiger partial charge in [-0.1, -0.05) is 17.3 Å². The van der Waals surface area contributed by atoms with E-state index < -0.39 is 18.3 Å². The SMILES string of the molecule is O=C(CC[C@H](O)CO)c1noc(-c2cnc3c(c2NC2[C@@H]4CC5C[C@H]2CC(O)(C5)C4)C=CC3)n1. The van der Waals surface area contributed by atoms with E-state index in [1.165, 1.54) is 0 Å². The molecule has 7 rings (SSSR count). The number of ketones is 1. The number of anilines is 1. The number of nitrogens with zero attached hydrogens (tertiary/aromatic N) is 3. The number of hydrogen-bond donors (Lipinski definition) is 4. The number of aliphatic hydroxyl groups is 3. The number of carbonyl (C=O) groups is 1. The van der Waals surface area contributed by atoms with Crippen LogP contribution in [0.4, 0.5) is 5.69 Å². The third-order valence-electron chi connectivity index (χ3n) is 8.17. The van der Waals surface area contributed by atoms with Crippen LogP contribution in [0.1, 0.15) is 66.8 Å². The van der Waals surface area contributed by atoms with E-state index in [9.17, 15) is 15.0 Å². The average Bonchev–Trinajstić information content (AvgIpc) is 3.48. The van der Waals surface area contributed by atoms with Crippen LogP contribution < -0.4 is 5.32 Å². The number of nitrogens with one attached hydrogen (secondary N) is 1. The Morgan fingerprint density at radius 1 is 1.26 bits per heavy atom. The second-order valence-corrected chi connectivity index (χ2v) is 10.6. The number of fused-ring (bicyclic) bond motifs is 1. The smallest absolute Gasteiger partial charge is 0.262 e. The van der Waals surface area contributed by atoms with Crippen LogP contribution in [0.25, 0.3) is 17.5 Å². The minimum Gasteiger partial charge on any atom is -0.394 e. The van der Waals surface area contributed by atoms with Crippen molar-refractivity contribution in [3.8, 4) is 11.5 Å². The molecule has 5 aliphatic carbocycles. The Balaban J connectivity index is 1.29. The lowest BCUT2D eigenvalue weighted by atomic mass is 9.52. The zero-order chi connectivity index (χ0) is 23.4. The summed E-state index contributed by atoms with van der Waals surface area (Å²) in [5.41, 5.74) is 3.08. The van der Waals surface area contributed by atoms with Crippen molar-refractivity contribution in [3.05, 3.63) is 29.4 Å². The summed E-state index contributed by atoms with van der Waals surface area (Å²) >= 11 is 0. The van der Waals surface area contributed by atoms with Gasteiger partial charge in [0.15, 0.2) is 0 Å². The molecule has 0 radical (unpaired) electrons. The summed E-state index contributed by atoms with van der Waals surface area (Å²) in [4.78, 5) is 21.4. The molecule has 180 valence electrons. The van der Waals surface area contributed by atoms with Crippen molar-refractivity contribution in [1.82, 2.24) is 15.1 Å². The van der Waals surface area contributed by atoms with Crippen molar-refractivity contribution < 1.29 is 24.6 Å². The largest absolute Gasteiger partial charge is 0.394 e. The van der Waals surface area contributed by atoms with Crippen molar-refractivity contribution >= 4 is 17.5 Å². The molecule has 4 fully saturated rings. The van der Waals surface area contributed by atoms with Gasteiger partial charge in [-0.3, -0.25) is 9.78 Å². The van der Waals surface area contributed by atoms with Crippen LogP contribution >= 0.6 is 0 Å². The number of aliphatic hydroxyl groups excluding tert-OH is 2. The van der Waals surface area contributed by atoms with Gasteiger partial charge in [0.1, 0.15) is 0 Å². The Bertz CT molecular complexity index is 1130. The molecule has 34 heavy (non-hydrogen) atoms. The van der Waals surface area contributed by atoms with Crippen LogP contribution in [0.3, 0.4) is 0 Å². The number of aromatic nitrogens is 3. The molecule has 2 aromatic rings. The number of rotatable bonds is 8. The van der Waals surface area contributed by atoms with Gasteiger partial charge >= 0.3 is 0 Å². The van der Waals surface area contributed by atoms with E-state index in [0.29, 0.717) is 23.3 Å². The van der Waals surface area contributed by atoms with Gasteiger partial charge < -0.3 is 25.2 Å². The third-order valence-corrected chi connectivity index (χ3v) is 8.17. The summed E-state index contributed by atoms with van der Waals surface area (Å²) in [5, 5.41) is 37.1. The highest BCUT2D eigenvalue weighted by molar-refractivity contribution is 5.93. The molecule has 5 aliphatic rings. The first-order valence-electron chi connectivity index (χ1n) is 12.3. The quantitative estimate of drug-likeness (QED) is 0.431. The number of Topliss-reactive ketones (excluding diaryl/α,β-unsaturated/α-hetero) is 1. The topological polar surface area (TPSA) is 142 Å². The summed E-state index contributed by atoms with van der Waals surface area (Å²) in [6.07, 6.45) is 10.8. The van der Waals surface area contributed by atoms with Crippen molar-refractivity contribution in [2.24, 2.45) is 17.8 Å². The first-order chi connectivity index (χ1) is 16.4. The Kier molecular flexibility index (Phi) is 5.31. The standard InChI is InChI=1S/C25H30N4O5/c30-12-16(31)4-5-20(32)23-28-24(34-29-23)18-11-26-19-3-1-2-17(19)22(18)27-21-14-6-13-7-15(21)10-25(33,8-13)9-14/h1-2,11,13-16,21,30-31,33H,3-10,12H2,(H,26,27)/t13?,14-,15+,16-,21?,25?/m0/s1. The molecule has 0 aliphatic heterocycles. The molecule has 4 saturated carbocycles. The van der Waals surface area contributed by atoms with Gasteiger partial charge in [0.2, 0.25) is 11.6 Å². The average molecular weight is 467 g/mol. The van der Waals surface area contributed by atoms with Crippen LogP contribution in [0.15, 0.2) is 16.8 Å². The number of hydrogen-bond acceptors (Lipinski definition) is 9. The predicted octanol–water partition coefficient (Wildman–Crippen LogP) is 2.37. The van der Waals surface area contributed by atoms with Gasteiger partial charge in [-0.25, -0.2) is 0 Å². The Morgan fingerprint density at radius 2 is 2.06 bits per heavy atom. The van der Waals surface area contributed by atoms with Crippen LogP contribution in [0.2, 0.25) is 0 Å². The minimum atomic E-state index is -0.946. The van der Waals surface area contributed by atoms with Gasteiger partial charge in [0.05, 0.1) is 35.3 Å². The van der Waals surface area contributed by atoms with E-state index in [-0.39, 0.29) is 36.4 Å². The van der Waals surface area contributed by atoms with Gasteiger partial charge in [-0.15, -0.1) is 0 Å². The second kappa shape index (κ2) is 8.25. The van der Waals surface area contributed by atoms with Crippen LogP contribution in [0.5, 0.6) is 0 Å². The summed E-state index contributed by atoms with van der Waals surface area (Å²) in [6.45, 7) is -0.393. The highest BCUT2D eigenvalue weighted by atomic mass is 16.5. The van der Waals surface area contributed by atoms with E-state index in [0.717, 1.165) is 55.5 Å². The fraction of sp³-hybridized carbons (Fsp3) is 0.600. The van der Waals surface area contributed by atoms with Gasteiger partial charge in [0.25, 0.3) is 5.89 Å². The monoisotopic (exact) mass is 466 g/mol. The lowest BCUT2D eigenvalue weighted by Gasteiger charge is -2.58. The molecule has 0 amide bonds.